The number of hydrogen-bond acceptors (Lipinski definition) is 5. The molecule has 3 N–H and O–H groups in total. The number of nitrogens with two attached hydrogens (primary N) is 1. The normalized spacial score (nSPS) is 10.4. The molecule has 2 aromatic heterocycles. The summed E-state index contributed by atoms with van der Waals surface area (Å²) in [5.41, 5.74) is 9.74. The van der Waals surface area contributed by atoms with Crippen LogP contribution < -0.4 is 11.1 Å². The van der Waals surface area contributed by atoms with Gasteiger partial charge in [-0.05, 0) is 30.7 Å². The number of thiazole rings is 1. The molecule has 0 atom stereocenters. The SMILES string of the molecule is Cc1ccc(N)cc1Nc1ncc(-c2cccnc2)s1. The third-order valence-electron chi connectivity index (χ3n) is 2.95. The van der Waals surface area contributed by atoms with E-state index in [-0.39, 0.29) is 0 Å². The van der Waals surface area contributed by atoms with Crippen molar-refractivity contribution in [2.75, 3.05) is 11.1 Å². The fourth-order valence-electron chi connectivity index (χ4n) is 1.86. The number of anilines is 3. The largest absolute Gasteiger partial charge is 0.399 e. The smallest absolute Gasteiger partial charge is 0.187 e. The second-order valence-corrected chi connectivity index (χ2v) is 5.50. The second-order valence-electron chi connectivity index (χ2n) is 4.47. The number of nitrogen functional groups attached to an aromatic ring is 1. The van der Waals surface area contributed by atoms with Crippen molar-refractivity contribution in [1.29, 1.82) is 0 Å². The second kappa shape index (κ2) is 5.30. The molecular weight excluding hydrogens is 268 g/mol. The molecule has 0 amide bonds. The Morgan fingerprint density at radius 1 is 1.20 bits per heavy atom. The standard InChI is InChI=1S/C15H14N4S/c1-10-4-5-12(16)7-13(10)19-15-18-9-14(20-15)11-3-2-6-17-8-11/h2-9H,16H2,1H3,(H,18,19). The van der Waals surface area contributed by atoms with E-state index in [1.165, 1.54) is 0 Å². The maximum atomic E-state index is 5.81. The van der Waals surface area contributed by atoms with Gasteiger partial charge in [-0.15, -0.1) is 0 Å². The van der Waals surface area contributed by atoms with Crippen LogP contribution in [0.2, 0.25) is 0 Å². The van der Waals surface area contributed by atoms with Gasteiger partial charge < -0.3 is 11.1 Å². The third-order valence-corrected chi connectivity index (χ3v) is 3.92. The highest BCUT2D eigenvalue weighted by Crippen LogP contribution is 2.31. The molecule has 0 bridgehead atoms. The minimum Gasteiger partial charge on any atom is -0.399 e. The first-order valence-corrected chi connectivity index (χ1v) is 7.03. The van der Waals surface area contributed by atoms with Crippen LogP contribution in [0.1, 0.15) is 5.56 Å². The maximum absolute atomic E-state index is 5.81. The van der Waals surface area contributed by atoms with Gasteiger partial charge in [0.1, 0.15) is 0 Å². The lowest BCUT2D eigenvalue weighted by Gasteiger charge is -2.07. The molecular formula is C15H14N4S. The average Bonchev–Trinajstić information content (AvgIpc) is 2.92. The molecule has 3 rings (SSSR count). The van der Waals surface area contributed by atoms with E-state index in [1.54, 1.807) is 17.5 Å². The molecule has 0 fully saturated rings. The van der Waals surface area contributed by atoms with Crippen LogP contribution in [0.15, 0.2) is 48.9 Å². The first-order valence-electron chi connectivity index (χ1n) is 6.22. The summed E-state index contributed by atoms with van der Waals surface area (Å²) in [6, 6.07) is 9.75. The fourth-order valence-corrected chi connectivity index (χ4v) is 2.68. The van der Waals surface area contributed by atoms with Crippen molar-refractivity contribution in [2.45, 2.75) is 6.92 Å². The van der Waals surface area contributed by atoms with E-state index in [2.05, 4.69) is 15.3 Å². The Morgan fingerprint density at radius 2 is 2.10 bits per heavy atom. The van der Waals surface area contributed by atoms with Crippen molar-refractivity contribution in [2.24, 2.45) is 0 Å². The van der Waals surface area contributed by atoms with Gasteiger partial charge in [0, 0.05) is 35.5 Å². The van der Waals surface area contributed by atoms with E-state index in [1.807, 2.05) is 49.6 Å². The topological polar surface area (TPSA) is 63.8 Å². The Labute approximate surface area is 121 Å². The van der Waals surface area contributed by atoms with Gasteiger partial charge in [-0.25, -0.2) is 4.98 Å². The van der Waals surface area contributed by atoms with Gasteiger partial charge in [0.25, 0.3) is 0 Å². The zero-order valence-corrected chi connectivity index (χ0v) is 11.8. The Morgan fingerprint density at radius 3 is 2.90 bits per heavy atom. The molecule has 3 aromatic rings. The van der Waals surface area contributed by atoms with Crippen LogP contribution in [-0.2, 0) is 0 Å². The molecule has 100 valence electrons. The molecule has 0 spiro atoms. The van der Waals surface area contributed by atoms with Gasteiger partial charge in [-0.3, -0.25) is 4.98 Å². The summed E-state index contributed by atoms with van der Waals surface area (Å²) in [6.45, 7) is 2.04. The first-order chi connectivity index (χ1) is 9.72. The van der Waals surface area contributed by atoms with Crippen molar-refractivity contribution < 1.29 is 0 Å². The molecule has 0 aliphatic carbocycles. The van der Waals surface area contributed by atoms with Crippen molar-refractivity contribution in [1.82, 2.24) is 9.97 Å². The number of nitrogens with zero attached hydrogens (tertiary/aromatic N) is 2. The van der Waals surface area contributed by atoms with Gasteiger partial charge >= 0.3 is 0 Å². The Bertz CT molecular complexity index is 722. The van der Waals surface area contributed by atoms with Gasteiger partial charge in [0.05, 0.1) is 4.88 Å². The van der Waals surface area contributed by atoms with Crippen LogP contribution >= 0.6 is 11.3 Å². The van der Waals surface area contributed by atoms with E-state index in [9.17, 15) is 0 Å². The summed E-state index contributed by atoms with van der Waals surface area (Å²) < 4.78 is 0. The van der Waals surface area contributed by atoms with Crippen molar-refractivity contribution in [3.05, 3.63) is 54.5 Å². The number of nitrogens with one attached hydrogen (secondary N) is 1. The van der Waals surface area contributed by atoms with Gasteiger partial charge in [-0.1, -0.05) is 23.5 Å². The summed E-state index contributed by atoms with van der Waals surface area (Å²) in [4.78, 5) is 9.60. The highest BCUT2D eigenvalue weighted by Gasteiger charge is 2.06. The summed E-state index contributed by atoms with van der Waals surface area (Å²) in [7, 11) is 0. The van der Waals surface area contributed by atoms with E-state index in [0.717, 1.165) is 32.5 Å². The van der Waals surface area contributed by atoms with Crippen molar-refractivity contribution >= 4 is 27.8 Å². The van der Waals surface area contributed by atoms with Gasteiger partial charge in [0.2, 0.25) is 0 Å². The summed E-state index contributed by atoms with van der Waals surface area (Å²) in [5.74, 6) is 0. The lowest BCUT2D eigenvalue weighted by atomic mass is 10.2. The van der Waals surface area contributed by atoms with Crippen LogP contribution in [0, 0.1) is 6.92 Å². The van der Waals surface area contributed by atoms with Crippen LogP contribution in [0.25, 0.3) is 10.4 Å². The number of aryl methyl sites for hydroxylation is 1. The number of benzene rings is 1. The molecule has 0 saturated heterocycles. The fraction of sp³-hybridized carbons (Fsp3) is 0.0667. The van der Waals surface area contributed by atoms with Crippen LogP contribution in [0.5, 0.6) is 0 Å². The molecule has 5 heteroatoms. The summed E-state index contributed by atoms with van der Waals surface area (Å²) in [6.07, 6.45) is 5.45. The van der Waals surface area contributed by atoms with Crippen molar-refractivity contribution in [3.63, 3.8) is 0 Å². The minimum absolute atomic E-state index is 0.738. The number of pyridine rings is 1. The van der Waals surface area contributed by atoms with Gasteiger partial charge in [-0.2, -0.15) is 0 Å². The highest BCUT2D eigenvalue weighted by molar-refractivity contribution is 7.18. The molecule has 0 saturated carbocycles. The molecule has 0 aliphatic heterocycles. The number of aromatic nitrogens is 2. The molecule has 4 nitrogen and oxygen atoms in total. The average molecular weight is 282 g/mol. The Kier molecular flexibility index (Phi) is 3.35. The Balaban J connectivity index is 1.86. The van der Waals surface area contributed by atoms with E-state index < -0.39 is 0 Å². The number of rotatable bonds is 3. The molecule has 1 aromatic carbocycles. The Hall–Kier alpha value is -2.40. The molecule has 0 radical (unpaired) electrons. The summed E-state index contributed by atoms with van der Waals surface area (Å²) >= 11 is 1.59. The highest BCUT2D eigenvalue weighted by atomic mass is 32.1. The van der Waals surface area contributed by atoms with Crippen LogP contribution in [-0.4, -0.2) is 9.97 Å². The zero-order chi connectivity index (χ0) is 13.9. The molecule has 20 heavy (non-hydrogen) atoms. The molecule has 2 heterocycles. The van der Waals surface area contributed by atoms with E-state index >= 15 is 0 Å². The number of hydrogen-bond donors (Lipinski definition) is 2. The molecule has 0 unspecified atom stereocenters. The monoisotopic (exact) mass is 282 g/mol. The lowest BCUT2D eigenvalue weighted by Crippen LogP contribution is -1.94. The predicted octanol–water partition coefficient (Wildman–Crippen LogP) is 3.84. The van der Waals surface area contributed by atoms with E-state index in [0.29, 0.717) is 0 Å². The third kappa shape index (κ3) is 2.62. The summed E-state index contributed by atoms with van der Waals surface area (Å²) in [5, 5.41) is 4.16. The van der Waals surface area contributed by atoms with Gasteiger partial charge in [0.15, 0.2) is 5.13 Å². The molecule has 0 aliphatic rings. The van der Waals surface area contributed by atoms with E-state index in [4.69, 9.17) is 5.73 Å². The van der Waals surface area contributed by atoms with Crippen molar-refractivity contribution in [3.8, 4) is 10.4 Å². The first kappa shape index (κ1) is 12.6. The zero-order valence-electron chi connectivity index (χ0n) is 11.0. The lowest BCUT2D eigenvalue weighted by molar-refractivity contribution is 1.33. The predicted molar refractivity (Wildman–Crippen MR) is 84.2 cm³/mol. The maximum Gasteiger partial charge on any atom is 0.187 e. The van der Waals surface area contributed by atoms with Crippen LogP contribution in [0.3, 0.4) is 0 Å². The van der Waals surface area contributed by atoms with Crippen LogP contribution in [0.4, 0.5) is 16.5 Å². The minimum atomic E-state index is 0.738. The quantitative estimate of drug-likeness (QED) is 0.716.